The molecule has 0 aromatic heterocycles. The van der Waals surface area contributed by atoms with Gasteiger partial charge in [-0.15, -0.1) is 24.0 Å². The average molecular weight is 381 g/mol. The van der Waals surface area contributed by atoms with E-state index in [0.717, 1.165) is 31.5 Å². The maximum absolute atomic E-state index is 4.40. The first-order valence-corrected chi connectivity index (χ1v) is 7.38. The normalized spacial score (nSPS) is 18.2. The van der Waals surface area contributed by atoms with Gasteiger partial charge in [-0.1, -0.05) is 27.7 Å². The van der Waals surface area contributed by atoms with Gasteiger partial charge in [-0.25, -0.2) is 0 Å². The van der Waals surface area contributed by atoms with Crippen LogP contribution in [0.4, 0.5) is 0 Å². The molecule has 1 rings (SSSR count). The van der Waals surface area contributed by atoms with Gasteiger partial charge in [-0.3, -0.25) is 4.99 Å². The predicted molar refractivity (Wildman–Crippen MR) is 95.4 cm³/mol. The Labute approximate surface area is 136 Å². The lowest BCUT2D eigenvalue weighted by atomic mass is 9.91. The second kappa shape index (κ2) is 9.03. The zero-order chi connectivity index (χ0) is 13.6. The van der Waals surface area contributed by atoms with Crippen molar-refractivity contribution >= 4 is 29.9 Å². The number of piperidine rings is 1. The Morgan fingerprint density at radius 1 is 1.26 bits per heavy atom. The van der Waals surface area contributed by atoms with Crippen molar-refractivity contribution in [3.63, 3.8) is 0 Å². The van der Waals surface area contributed by atoms with Crippen LogP contribution in [0.15, 0.2) is 4.99 Å². The Bertz CT molecular complexity index is 263. The highest BCUT2D eigenvalue weighted by Gasteiger charge is 2.18. The van der Waals surface area contributed by atoms with Crippen molar-refractivity contribution in [2.45, 2.75) is 53.4 Å². The summed E-state index contributed by atoms with van der Waals surface area (Å²) in [6.07, 6.45) is 5.06. The molecule has 3 nitrogen and oxygen atoms in total. The van der Waals surface area contributed by atoms with Crippen molar-refractivity contribution in [1.82, 2.24) is 10.2 Å². The van der Waals surface area contributed by atoms with E-state index in [2.05, 4.69) is 42.9 Å². The molecule has 0 bridgehead atoms. The zero-order valence-corrected chi connectivity index (χ0v) is 15.7. The van der Waals surface area contributed by atoms with Crippen molar-refractivity contribution in [2.24, 2.45) is 16.3 Å². The van der Waals surface area contributed by atoms with Crippen LogP contribution in [0.3, 0.4) is 0 Å². The van der Waals surface area contributed by atoms with E-state index in [1.165, 1.54) is 25.7 Å². The molecule has 0 aliphatic carbocycles. The van der Waals surface area contributed by atoms with Crippen molar-refractivity contribution in [1.29, 1.82) is 0 Å². The molecule has 1 heterocycles. The maximum Gasteiger partial charge on any atom is 0.193 e. The Morgan fingerprint density at radius 2 is 1.84 bits per heavy atom. The third-order valence-electron chi connectivity index (χ3n) is 3.68. The molecular weight excluding hydrogens is 349 g/mol. The predicted octanol–water partition coefficient (Wildman–Crippen LogP) is 3.74. The summed E-state index contributed by atoms with van der Waals surface area (Å²) in [5.41, 5.74) is 0.436. The summed E-state index contributed by atoms with van der Waals surface area (Å²) in [6, 6.07) is 0. The highest BCUT2D eigenvalue weighted by Crippen LogP contribution is 2.20. The minimum Gasteiger partial charge on any atom is -0.356 e. The smallest absolute Gasteiger partial charge is 0.193 e. The molecule has 0 radical (unpaired) electrons. The van der Waals surface area contributed by atoms with Gasteiger partial charge in [0, 0.05) is 26.7 Å². The van der Waals surface area contributed by atoms with E-state index >= 15 is 0 Å². The highest BCUT2D eigenvalue weighted by molar-refractivity contribution is 14.0. The summed E-state index contributed by atoms with van der Waals surface area (Å²) in [5.74, 6) is 1.97. The molecule has 114 valence electrons. The number of hydrogen-bond acceptors (Lipinski definition) is 1. The van der Waals surface area contributed by atoms with Gasteiger partial charge in [-0.2, -0.15) is 0 Å². The van der Waals surface area contributed by atoms with Crippen molar-refractivity contribution in [3.05, 3.63) is 0 Å². The SMILES string of the molecule is CN=C(NCCCC(C)(C)C)N1CCC(C)CC1.I. The molecule has 0 spiro atoms. The number of rotatable bonds is 3. The van der Waals surface area contributed by atoms with E-state index in [1.54, 1.807) is 0 Å². The second-order valence-electron chi connectivity index (χ2n) is 6.81. The number of halogens is 1. The van der Waals surface area contributed by atoms with Gasteiger partial charge in [0.1, 0.15) is 0 Å². The summed E-state index contributed by atoms with van der Waals surface area (Å²) in [6.45, 7) is 12.6. The third kappa shape index (κ3) is 8.00. The number of hydrogen-bond donors (Lipinski definition) is 1. The molecule has 0 aromatic rings. The van der Waals surface area contributed by atoms with E-state index in [0.29, 0.717) is 5.41 Å². The summed E-state index contributed by atoms with van der Waals surface area (Å²) in [7, 11) is 1.89. The van der Waals surface area contributed by atoms with Gasteiger partial charge >= 0.3 is 0 Å². The van der Waals surface area contributed by atoms with E-state index in [4.69, 9.17) is 0 Å². The molecule has 0 unspecified atom stereocenters. The van der Waals surface area contributed by atoms with Crippen molar-refractivity contribution in [2.75, 3.05) is 26.7 Å². The maximum atomic E-state index is 4.40. The average Bonchev–Trinajstić information content (AvgIpc) is 2.29. The first-order valence-electron chi connectivity index (χ1n) is 7.38. The summed E-state index contributed by atoms with van der Waals surface area (Å²) in [5, 5.41) is 3.50. The number of likely N-dealkylation sites (tertiary alicyclic amines) is 1. The van der Waals surface area contributed by atoms with E-state index in [9.17, 15) is 0 Å². The molecule has 0 amide bonds. The molecule has 0 atom stereocenters. The van der Waals surface area contributed by atoms with Gasteiger partial charge in [0.25, 0.3) is 0 Å². The van der Waals surface area contributed by atoms with Gasteiger partial charge in [0.05, 0.1) is 0 Å². The highest BCUT2D eigenvalue weighted by atomic mass is 127. The lowest BCUT2D eigenvalue weighted by Crippen LogP contribution is -2.45. The second-order valence-corrected chi connectivity index (χ2v) is 6.81. The minimum absolute atomic E-state index is 0. The molecule has 1 N–H and O–H groups in total. The lowest BCUT2D eigenvalue weighted by molar-refractivity contribution is 0.272. The molecule has 1 aliphatic rings. The molecular formula is C15H32IN3. The first kappa shape index (κ1) is 19.0. The molecule has 4 heteroatoms. The summed E-state index contributed by atoms with van der Waals surface area (Å²) < 4.78 is 0. The summed E-state index contributed by atoms with van der Waals surface area (Å²) in [4.78, 5) is 6.80. The Balaban J connectivity index is 0.00000324. The van der Waals surface area contributed by atoms with Crippen molar-refractivity contribution in [3.8, 4) is 0 Å². The molecule has 1 saturated heterocycles. The summed E-state index contributed by atoms with van der Waals surface area (Å²) >= 11 is 0. The van der Waals surface area contributed by atoms with Crippen LogP contribution in [-0.2, 0) is 0 Å². The largest absolute Gasteiger partial charge is 0.356 e. The van der Waals surface area contributed by atoms with E-state index in [1.807, 2.05) is 7.05 Å². The van der Waals surface area contributed by atoms with Crippen LogP contribution in [0.5, 0.6) is 0 Å². The van der Waals surface area contributed by atoms with Crippen LogP contribution in [0, 0.1) is 11.3 Å². The first-order chi connectivity index (χ1) is 8.42. The molecule has 0 aromatic carbocycles. The van der Waals surface area contributed by atoms with Crippen LogP contribution in [0.2, 0.25) is 0 Å². The zero-order valence-electron chi connectivity index (χ0n) is 13.3. The number of nitrogens with zero attached hydrogens (tertiary/aromatic N) is 2. The fourth-order valence-corrected chi connectivity index (χ4v) is 2.37. The monoisotopic (exact) mass is 381 g/mol. The lowest BCUT2D eigenvalue weighted by Gasteiger charge is -2.33. The van der Waals surface area contributed by atoms with Gasteiger partial charge in [0.2, 0.25) is 0 Å². The van der Waals surface area contributed by atoms with E-state index < -0.39 is 0 Å². The van der Waals surface area contributed by atoms with Gasteiger partial charge in [-0.05, 0) is 37.0 Å². The third-order valence-corrected chi connectivity index (χ3v) is 3.68. The topological polar surface area (TPSA) is 27.6 Å². The molecule has 1 aliphatic heterocycles. The van der Waals surface area contributed by atoms with Crippen LogP contribution >= 0.6 is 24.0 Å². The van der Waals surface area contributed by atoms with E-state index in [-0.39, 0.29) is 24.0 Å². The fraction of sp³-hybridized carbons (Fsp3) is 0.933. The molecule has 1 fully saturated rings. The van der Waals surface area contributed by atoms with Crippen molar-refractivity contribution < 1.29 is 0 Å². The van der Waals surface area contributed by atoms with Crippen LogP contribution in [-0.4, -0.2) is 37.5 Å². The fourth-order valence-electron chi connectivity index (χ4n) is 2.37. The number of guanidine groups is 1. The van der Waals surface area contributed by atoms with Gasteiger partial charge < -0.3 is 10.2 Å². The Kier molecular flexibility index (Phi) is 9.03. The Hall–Kier alpha value is 0. The standard InChI is InChI=1S/C15H31N3.HI/c1-13-7-11-18(12-8-13)14(16-5)17-10-6-9-15(2,3)4;/h13H,6-12H2,1-5H3,(H,16,17);1H. The van der Waals surface area contributed by atoms with Crippen LogP contribution in [0.25, 0.3) is 0 Å². The van der Waals surface area contributed by atoms with Crippen LogP contribution in [0.1, 0.15) is 53.4 Å². The van der Waals surface area contributed by atoms with Gasteiger partial charge in [0.15, 0.2) is 5.96 Å². The molecule has 19 heavy (non-hydrogen) atoms. The number of nitrogens with one attached hydrogen (secondary N) is 1. The molecule has 0 saturated carbocycles. The van der Waals surface area contributed by atoms with Crippen LogP contribution < -0.4 is 5.32 Å². The Morgan fingerprint density at radius 3 is 2.32 bits per heavy atom. The minimum atomic E-state index is 0. The quantitative estimate of drug-likeness (QED) is 0.349. The number of aliphatic imine (C=N–C) groups is 1.